The van der Waals surface area contributed by atoms with Gasteiger partial charge in [-0.05, 0) is 48.2 Å². The van der Waals surface area contributed by atoms with Crippen LogP contribution in [0.4, 0.5) is 0 Å². The summed E-state index contributed by atoms with van der Waals surface area (Å²) in [7, 11) is 0. The van der Waals surface area contributed by atoms with Gasteiger partial charge in [0.2, 0.25) is 5.91 Å². The number of halogens is 2. The quantitative estimate of drug-likeness (QED) is 0.265. The van der Waals surface area contributed by atoms with Gasteiger partial charge >= 0.3 is 0 Å². The fraction of sp³-hybridized carbons (Fsp3) is 0.259. The van der Waals surface area contributed by atoms with E-state index in [0.29, 0.717) is 24.5 Å². The van der Waals surface area contributed by atoms with Gasteiger partial charge in [-0.1, -0.05) is 78.2 Å². The van der Waals surface area contributed by atoms with Gasteiger partial charge in [0.15, 0.2) is 0 Å². The fourth-order valence-corrected chi connectivity index (χ4v) is 4.38. The molecule has 4 aromatic rings. The molecule has 0 aliphatic carbocycles. The molecule has 1 amide bonds. The molecule has 0 saturated carbocycles. The highest BCUT2D eigenvalue weighted by atomic mass is 35.5. The Bertz CT molecular complexity index is 1240. The van der Waals surface area contributed by atoms with Crippen molar-refractivity contribution < 1.29 is 4.79 Å². The lowest BCUT2D eigenvalue weighted by Crippen LogP contribution is -2.26. The second kappa shape index (κ2) is 11.4. The van der Waals surface area contributed by atoms with Crippen LogP contribution in [0.25, 0.3) is 11.0 Å². The maximum absolute atomic E-state index is 12.2. The third-order valence-corrected chi connectivity index (χ3v) is 6.47. The number of nitrogens with zero attached hydrogens (tertiary/aromatic N) is 2. The van der Waals surface area contributed by atoms with E-state index in [-0.39, 0.29) is 5.91 Å². The minimum Gasteiger partial charge on any atom is -0.356 e. The number of benzene rings is 3. The van der Waals surface area contributed by atoms with Crippen LogP contribution in [0.1, 0.15) is 36.2 Å². The molecule has 0 aliphatic rings. The summed E-state index contributed by atoms with van der Waals surface area (Å²) in [5, 5.41) is 4.40. The van der Waals surface area contributed by atoms with E-state index in [2.05, 4.69) is 28.1 Å². The lowest BCUT2D eigenvalue weighted by molar-refractivity contribution is -0.120. The van der Waals surface area contributed by atoms with E-state index < -0.39 is 0 Å². The van der Waals surface area contributed by atoms with E-state index in [1.54, 1.807) is 0 Å². The van der Waals surface area contributed by atoms with Crippen molar-refractivity contribution in [1.82, 2.24) is 14.9 Å². The van der Waals surface area contributed by atoms with Gasteiger partial charge in [0.05, 0.1) is 24.0 Å². The number of para-hydroxylation sites is 2. The van der Waals surface area contributed by atoms with Crippen LogP contribution in [0.2, 0.25) is 10.0 Å². The number of imidazole rings is 1. The zero-order valence-corrected chi connectivity index (χ0v) is 19.9. The highest BCUT2D eigenvalue weighted by Gasteiger charge is 2.12. The summed E-state index contributed by atoms with van der Waals surface area (Å²) in [4.78, 5) is 17.0. The molecule has 0 atom stereocenters. The monoisotopic (exact) mass is 479 g/mol. The second-order valence-corrected chi connectivity index (χ2v) is 8.94. The average molecular weight is 480 g/mol. The Labute approximate surface area is 204 Å². The third-order valence-electron chi connectivity index (χ3n) is 5.73. The average Bonchev–Trinajstić information content (AvgIpc) is 3.16. The van der Waals surface area contributed by atoms with Crippen molar-refractivity contribution in [3.05, 3.63) is 99.8 Å². The van der Waals surface area contributed by atoms with Gasteiger partial charge in [-0.15, -0.1) is 0 Å². The molecule has 3 aromatic carbocycles. The molecule has 33 heavy (non-hydrogen) atoms. The van der Waals surface area contributed by atoms with Gasteiger partial charge in [0.25, 0.3) is 0 Å². The van der Waals surface area contributed by atoms with E-state index in [0.717, 1.165) is 58.7 Å². The molecule has 0 unspecified atom stereocenters. The van der Waals surface area contributed by atoms with Gasteiger partial charge in [-0.3, -0.25) is 4.79 Å². The van der Waals surface area contributed by atoms with Crippen LogP contribution in [-0.4, -0.2) is 22.0 Å². The van der Waals surface area contributed by atoms with Crippen LogP contribution in [0.3, 0.4) is 0 Å². The fourth-order valence-electron chi connectivity index (χ4n) is 3.98. The maximum Gasteiger partial charge on any atom is 0.224 e. The predicted molar refractivity (Wildman–Crippen MR) is 136 cm³/mol. The van der Waals surface area contributed by atoms with Crippen molar-refractivity contribution >= 4 is 40.1 Å². The number of hydrogen-bond acceptors (Lipinski definition) is 2. The molecule has 0 spiro atoms. The predicted octanol–water partition coefficient (Wildman–Crippen LogP) is 6.46. The number of fused-ring (bicyclic) bond motifs is 1. The third kappa shape index (κ3) is 6.16. The van der Waals surface area contributed by atoms with Crippen LogP contribution in [0.5, 0.6) is 0 Å². The van der Waals surface area contributed by atoms with Crippen molar-refractivity contribution in [2.24, 2.45) is 0 Å². The minimum absolute atomic E-state index is 0.00429. The summed E-state index contributed by atoms with van der Waals surface area (Å²) in [6.45, 7) is 1.37. The SMILES string of the molecule is O=C(Cc1ccccc1Cl)NCCCCCc1nc2ccccc2n1Cc1ccccc1Cl. The Morgan fingerprint density at radius 2 is 1.48 bits per heavy atom. The first kappa shape index (κ1) is 23.3. The van der Waals surface area contributed by atoms with Crippen LogP contribution >= 0.6 is 23.2 Å². The molecule has 0 aliphatic heterocycles. The second-order valence-electron chi connectivity index (χ2n) is 8.12. The smallest absolute Gasteiger partial charge is 0.224 e. The number of amides is 1. The summed E-state index contributed by atoms with van der Waals surface area (Å²) in [5.41, 5.74) is 4.07. The Hall–Kier alpha value is -2.82. The molecule has 0 saturated heterocycles. The molecule has 4 nitrogen and oxygen atoms in total. The molecular formula is C27H27Cl2N3O. The lowest BCUT2D eigenvalue weighted by Gasteiger charge is -2.11. The number of carbonyl (C=O) groups is 1. The van der Waals surface area contributed by atoms with Crippen molar-refractivity contribution in [2.45, 2.75) is 38.6 Å². The first-order chi connectivity index (χ1) is 16.1. The molecule has 1 heterocycles. The van der Waals surface area contributed by atoms with Crippen molar-refractivity contribution in [3.8, 4) is 0 Å². The van der Waals surface area contributed by atoms with E-state index in [4.69, 9.17) is 28.2 Å². The summed E-state index contributed by atoms with van der Waals surface area (Å²) in [5.74, 6) is 1.07. The maximum atomic E-state index is 12.2. The normalized spacial score (nSPS) is 11.1. The summed E-state index contributed by atoms with van der Waals surface area (Å²) < 4.78 is 2.27. The molecule has 0 radical (unpaired) electrons. The largest absolute Gasteiger partial charge is 0.356 e. The topological polar surface area (TPSA) is 46.9 Å². The highest BCUT2D eigenvalue weighted by Crippen LogP contribution is 2.23. The molecule has 0 bridgehead atoms. The molecule has 170 valence electrons. The van der Waals surface area contributed by atoms with Crippen molar-refractivity contribution in [2.75, 3.05) is 6.54 Å². The zero-order chi connectivity index (χ0) is 23.0. The van der Waals surface area contributed by atoms with Crippen LogP contribution in [0.15, 0.2) is 72.8 Å². The minimum atomic E-state index is 0.00429. The standard InChI is InChI=1S/C27H27Cl2N3O/c28-22-12-5-3-10-20(22)18-27(33)30-17-9-1-2-16-26-31-24-14-7-8-15-25(24)32(26)19-21-11-4-6-13-23(21)29/h3-8,10-15H,1-2,9,16-19H2,(H,30,33). The van der Waals surface area contributed by atoms with Gasteiger partial charge < -0.3 is 9.88 Å². The number of unbranched alkanes of at least 4 members (excludes halogenated alkanes) is 2. The molecule has 4 rings (SSSR count). The van der Waals surface area contributed by atoms with Crippen molar-refractivity contribution in [3.63, 3.8) is 0 Å². The van der Waals surface area contributed by atoms with E-state index in [1.807, 2.05) is 54.6 Å². The molecule has 0 fully saturated rings. The van der Waals surface area contributed by atoms with Crippen molar-refractivity contribution in [1.29, 1.82) is 0 Å². The molecule has 1 aromatic heterocycles. The first-order valence-electron chi connectivity index (χ1n) is 11.3. The van der Waals surface area contributed by atoms with Crippen LogP contribution in [-0.2, 0) is 24.2 Å². The highest BCUT2D eigenvalue weighted by molar-refractivity contribution is 6.31. The number of aromatic nitrogens is 2. The van der Waals surface area contributed by atoms with E-state index in [9.17, 15) is 4.79 Å². The van der Waals surface area contributed by atoms with E-state index in [1.165, 1.54) is 0 Å². The molecular weight excluding hydrogens is 453 g/mol. The summed E-state index contributed by atoms with van der Waals surface area (Å²) in [6, 6.07) is 23.6. The Morgan fingerprint density at radius 3 is 2.24 bits per heavy atom. The lowest BCUT2D eigenvalue weighted by atomic mass is 10.1. The number of hydrogen-bond donors (Lipinski definition) is 1. The van der Waals surface area contributed by atoms with Crippen LogP contribution < -0.4 is 5.32 Å². The Morgan fingerprint density at radius 1 is 0.818 bits per heavy atom. The number of nitrogens with one attached hydrogen (secondary N) is 1. The van der Waals surface area contributed by atoms with Gasteiger partial charge in [-0.25, -0.2) is 4.98 Å². The van der Waals surface area contributed by atoms with Crippen LogP contribution in [0, 0.1) is 0 Å². The molecule has 1 N–H and O–H groups in total. The number of carbonyl (C=O) groups excluding carboxylic acids is 1. The first-order valence-corrected chi connectivity index (χ1v) is 12.0. The number of aryl methyl sites for hydroxylation is 1. The molecule has 6 heteroatoms. The summed E-state index contributed by atoms with van der Waals surface area (Å²) in [6.07, 6.45) is 4.14. The van der Waals surface area contributed by atoms with Gasteiger partial charge in [0.1, 0.15) is 5.82 Å². The number of rotatable bonds is 10. The van der Waals surface area contributed by atoms with E-state index >= 15 is 0 Å². The Kier molecular flexibility index (Phi) is 8.03. The van der Waals surface area contributed by atoms with Gasteiger partial charge in [0, 0.05) is 23.0 Å². The summed E-state index contributed by atoms with van der Waals surface area (Å²) >= 11 is 12.6. The Balaban J connectivity index is 1.29. The van der Waals surface area contributed by atoms with Gasteiger partial charge in [-0.2, -0.15) is 0 Å². The zero-order valence-electron chi connectivity index (χ0n) is 18.4.